The van der Waals surface area contributed by atoms with Crippen molar-refractivity contribution in [2.24, 2.45) is 5.92 Å². The summed E-state index contributed by atoms with van der Waals surface area (Å²) in [6, 6.07) is 3.50. The number of rotatable bonds is 3. The van der Waals surface area contributed by atoms with Gasteiger partial charge < -0.3 is 20.8 Å². The maximum absolute atomic E-state index is 11.6. The molecule has 0 aromatic heterocycles. The number of nitrogens with one attached hydrogen (secondary N) is 2. The smallest absolute Gasteiger partial charge is 0.337 e. The number of aromatic carboxylic acids is 1. The first-order valence-electron chi connectivity index (χ1n) is 5.61. The summed E-state index contributed by atoms with van der Waals surface area (Å²) >= 11 is 0. The van der Waals surface area contributed by atoms with Gasteiger partial charge in [-0.3, -0.25) is 0 Å². The summed E-state index contributed by atoms with van der Waals surface area (Å²) in [5, 5.41) is 23.4. The average molecular weight is 250 g/mol. The van der Waals surface area contributed by atoms with Crippen LogP contribution in [0.4, 0.5) is 10.5 Å². The van der Waals surface area contributed by atoms with E-state index >= 15 is 0 Å². The lowest BCUT2D eigenvalue weighted by Crippen LogP contribution is -2.31. The van der Waals surface area contributed by atoms with Gasteiger partial charge in [0.05, 0.1) is 11.3 Å². The molecule has 1 aromatic carbocycles. The number of hydrogen-bond donors (Lipinski definition) is 4. The number of carbonyl (C=O) groups excluding carboxylic acids is 1. The van der Waals surface area contributed by atoms with Gasteiger partial charge in [0.1, 0.15) is 5.75 Å². The Morgan fingerprint density at radius 2 is 2.06 bits per heavy atom. The minimum absolute atomic E-state index is 0.144. The van der Waals surface area contributed by atoms with Crippen molar-refractivity contribution in [3.63, 3.8) is 0 Å². The normalized spacial score (nSPS) is 21.2. The van der Waals surface area contributed by atoms with Gasteiger partial charge in [0.25, 0.3) is 0 Å². The first-order chi connectivity index (χ1) is 8.47. The number of urea groups is 1. The van der Waals surface area contributed by atoms with E-state index in [-0.39, 0.29) is 23.0 Å². The second-order valence-electron chi connectivity index (χ2n) is 4.45. The third kappa shape index (κ3) is 2.71. The Bertz CT molecular complexity index is 501. The van der Waals surface area contributed by atoms with E-state index in [0.29, 0.717) is 5.92 Å². The number of aromatic hydroxyl groups is 1. The van der Waals surface area contributed by atoms with Gasteiger partial charge in [-0.15, -0.1) is 0 Å². The molecule has 0 heterocycles. The number of phenolic OH excluding ortho intramolecular Hbond substituents is 1. The van der Waals surface area contributed by atoms with Crippen LogP contribution in [0, 0.1) is 5.92 Å². The molecule has 6 heteroatoms. The third-order valence-corrected chi connectivity index (χ3v) is 2.91. The van der Waals surface area contributed by atoms with Crippen LogP contribution in [0.1, 0.15) is 23.7 Å². The zero-order chi connectivity index (χ0) is 13.3. The largest absolute Gasteiger partial charge is 0.508 e. The number of carboxylic acid groups (broad SMARTS) is 1. The zero-order valence-electron chi connectivity index (χ0n) is 9.80. The van der Waals surface area contributed by atoms with Crippen LogP contribution in [0.25, 0.3) is 0 Å². The number of benzene rings is 1. The van der Waals surface area contributed by atoms with Gasteiger partial charge in [0.2, 0.25) is 0 Å². The van der Waals surface area contributed by atoms with E-state index in [1.54, 1.807) is 0 Å². The molecule has 0 bridgehead atoms. The minimum atomic E-state index is -1.21. The van der Waals surface area contributed by atoms with Gasteiger partial charge >= 0.3 is 12.0 Å². The molecule has 2 atom stereocenters. The maximum atomic E-state index is 11.6. The van der Waals surface area contributed by atoms with Crippen molar-refractivity contribution in [3.05, 3.63) is 23.8 Å². The summed E-state index contributed by atoms with van der Waals surface area (Å²) in [4.78, 5) is 22.5. The highest BCUT2D eigenvalue weighted by atomic mass is 16.4. The lowest BCUT2D eigenvalue weighted by Gasteiger charge is -2.09. The molecule has 1 aliphatic rings. The third-order valence-electron chi connectivity index (χ3n) is 2.91. The quantitative estimate of drug-likeness (QED) is 0.612. The molecule has 1 aromatic rings. The van der Waals surface area contributed by atoms with Crippen molar-refractivity contribution < 1.29 is 19.8 Å². The van der Waals surface area contributed by atoms with Crippen LogP contribution in [0.2, 0.25) is 0 Å². The van der Waals surface area contributed by atoms with Crippen molar-refractivity contribution in [3.8, 4) is 5.75 Å². The van der Waals surface area contributed by atoms with E-state index in [4.69, 9.17) is 5.11 Å². The molecule has 2 unspecified atom stereocenters. The molecular formula is C12H14N2O4. The molecule has 1 saturated carbocycles. The van der Waals surface area contributed by atoms with Crippen LogP contribution in [-0.4, -0.2) is 28.3 Å². The first-order valence-corrected chi connectivity index (χ1v) is 5.61. The van der Waals surface area contributed by atoms with Gasteiger partial charge in [0, 0.05) is 6.04 Å². The predicted molar refractivity (Wildman–Crippen MR) is 64.8 cm³/mol. The second kappa shape index (κ2) is 4.56. The van der Waals surface area contributed by atoms with Crippen molar-refractivity contribution in [2.45, 2.75) is 19.4 Å². The van der Waals surface area contributed by atoms with Crippen LogP contribution in [-0.2, 0) is 0 Å². The van der Waals surface area contributed by atoms with Gasteiger partial charge in [-0.05, 0) is 30.5 Å². The molecule has 1 aliphatic carbocycles. The lowest BCUT2D eigenvalue weighted by atomic mass is 10.1. The van der Waals surface area contributed by atoms with E-state index < -0.39 is 12.0 Å². The summed E-state index contributed by atoms with van der Waals surface area (Å²) < 4.78 is 0. The van der Waals surface area contributed by atoms with Crippen molar-refractivity contribution >= 4 is 17.7 Å². The Hall–Kier alpha value is -2.24. The number of hydrogen-bond acceptors (Lipinski definition) is 3. The summed E-state index contributed by atoms with van der Waals surface area (Å²) in [6.45, 7) is 2.02. The zero-order valence-corrected chi connectivity index (χ0v) is 9.80. The second-order valence-corrected chi connectivity index (χ2v) is 4.45. The number of carbonyl (C=O) groups is 2. The SMILES string of the molecule is CC1CC1NC(=O)Nc1ccc(O)cc1C(=O)O. The van der Waals surface area contributed by atoms with Crippen molar-refractivity contribution in [1.29, 1.82) is 0 Å². The monoisotopic (exact) mass is 250 g/mol. The molecular weight excluding hydrogens is 236 g/mol. The number of carboxylic acids is 1. The van der Waals surface area contributed by atoms with Crippen molar-refractivity contribution in [2.75, 3.05) is 5.32 Å². The molecule has 0 radical (unpaired) electrons. The Morgan fingerprint density at radius 3 is 2.61 bits per heavy atom. The van der Waals surface area contributed by atoms with Gasteiger partial charge in [-0.1, -0.05) is 6.92 Å². The predicted octanol–water partition coefficient (Wildman–Crippen LogP) is 1.62. The number of phenols is 1. The molecule has 2 rings (SSSR count). The highest BCUT2D eigenvalue weighted by Gasteiger charge is 2.33. The molecule has 0 spiro atoms. The van der Waals surface area contributed by atoms with Gasteiger partial charge in [-0.2, -0.15) is 0 Å². The Morgan fingerprint density at radius 1 is 1.39 bits per heavy atom. The van der Waals surface area contributed by atoms with E-state index in [2.05, 4.69) is 10.6 Å². The molecule has 0 saturated heterocycles. The molecule has 6 nitrogen and oxygen atoms in total. The van der Waals surface area contributed by atoms with Gasteiger partial charge in [0.15, 0.2) is 0 Å². The standard InChI is InChI=1S/C12H14N2O4/c1-6-4-10(6)14-12(18)13-9-3-2-7(15)5-8(9)11(16)17/h2-3,5-6,10,15H,4H2,1H3,(H,16,17)(H2,13,14,18). The molecule has 96 valence electrons. The average Bonchev–Trinajstić information content (AvgIpc) is 2.96. The fourth-order valence-corrected chi connectivity index (χ4v) is 1.67. The van der Waals surface area contributed by atoms with Gasteiger partial charge in [-0.25, -0.2) is 9.59 Å². The number of anilines is 1. The highest BCUT2D eigenvalue weighted by molar-refractivity contribution is 6.00. The minimum Gasteiger partial charge on any atom is -0.508 e. The lowest BCUT2D eigenvalue weighted by molar-refractivity contribution is 0.0697. The molecule has 2 amide bonds. The molecule has 4 N–H and O–H groups in total. The Balaban J connectivity index is 2.08. The summed E-state index contributed by atoms with van der Waals surface area (Å²) in [6.07, 6.45) is 0.939. The topological polar surface area (TPSA) is 98.7 Å². The van der Waals surface area contributed by atoms with Crippen LogP contribution in [0.3, 0.4) is 0 Å². The Labute approximate surface area is 104 Å². The van der Waals surface area contributed by atoms with Crippen LogP contribution >= 0.6 is 0 Å². The molecule has 0 aliphatic heterocycles. The number of amides is 2. The van der Waals surface area contributed by atoms with E-state index in [1.807, 2.05) is 6.92 Å². The van der Waals surface area contributed by atoms with E-state index in [1.165, 1.54) is 12.1 Å². The first kappa shape index (κ1) is 12.2. The fourth-order valence-electron chi connectivity index (χ4n) is 1.67. The van der Waals surface area contributed by atoms with E-state index in [9.17, 15) is 14.7 Å². The van der Waals surface area contributed by atoms with Crippen LogP contribution < -0.4 is 10.6 Å². The van der Waals surface area contributed by atoms with E-state index in [0.717, 1.165) is 12.5 Å². The highest BCUT2D eigenvalue weighted by Crippen LogP contribution is 2.29. The Kier molecular flexibility index (Phi) is 3.10. The summed E-state index contributed by atoms with van der Waals surface area (Å²) in [7, 11) is 0. The maximum Gasteiger partial charge on any atom is 0.337 e. The van der Waals surface area contributed by atoms with Crippen LogP contribution in [0.15, 0.2) is 18.2 Å². The summed E-state index contributed by atoms with van der Waals surface area (Å²) in [5.41, 5.74) is 0.0140. The summed E-state index contributed by atoms with van der Waals surface area (Å²) in [5.74, 6) is -0.898. The molecule has 18 heavy (non-hydrogen) atoms. The molecule has 1 fully saturated rings. The van der Waals surface area contributed by atoms with Crippen LogP contribution in [0.5, 0.6) is 5.75 Å². The fraction of sp³-hybridized carbons (Fsp3) is 0.333. The van der Waals surface area contributed by atoms with Crippen molar-refractivity contribution in [1.82, 2.24) is 5.32 Å².